The first-order valence-electron chi connectivity index (χ1n) is 10.4. The number of carboxylic acid groups (broad SMARTS) is 1. The largest absolute Gasteiger partial charge is 0.480 e. The minimum Gasteiger partial charge on any atom is -0.480 e. The van der Waals surface area contributed by atoms with Crippen molar-refractivity contribution in [3.05, 3.63) is 42.0 Å². The monoisotopic (exact) mass is 396 g/mol. The maximum atomic E-state index is 13.0. The lowest BCUT2D eigenvalue weighted by atomic mass is 9.66. The predicted molar refractivity (Wildman–Crippen MR) is 117 cm³/mol. The van der Waals surface area contributed by atoms with Crippen LogP contribution >= 0.6 is 0 Å². The fourth-order valence-corrected chi connectivity index (χ4v) is 4.62. The molecule has 0 saturated heterocycles. The molecule has 0 bridgehead atoms. The molecule has 1 atom stereocenters. The Morgan fingerprint density at radius 1 is 0.966 bits per heavy atom. The van der Waals surface area contributed by atoms with Gasteiger partial charge >= 0.3 is 5.97 Å². The number of carbonyl (C=O) groups excluding carboxylic acids is 1. The van der Waals surface area contributed by atoms with E-state index in [-0.39, 0.29) is 11.3 Å². The Morgan fingerprint density at radius 3 is 2.00 bits per heavy atom. The SMILES string of the molecule is CC(C)(C)C1CCC([C@](C)(NC(=O)c2cc3ccccc3cc2N)C(=O)O)CC1. The molecule has 3 rings (SSSR count). The molecular formula is C24H32N2O3. The van der Waals surface area contributed by atoms with Crippen LogP contribution in [0.2, 0.25) is 0 Å². The average Bonchev–Trinajstić information content (AvgIpc) is 2.66. The van der Waals surface area contributed by atoms with E-state index in [1.165, 1.54) is 0 Å². The van der Waals surface area contributed by atoms with Gasteiger partial charge in [-0.2, -0.15) is 0 Å². The van der Waals surface area contributed by atoms with Crippen molar-refractivity contribution < 1.29 is 14.7 Å². The summed E-state index contributed by atoms with van der Waals surface area (Å²) in [4.78, 5) is 25.3. The van der Waals surface area contributed by atoms with Crippen LogP contribution in [0.4, 0.5) is 5.69 Å². The van der Waals surface area contributed by atoms with Gasteiger partial charge in [0, 0.05) is 5.69 Å². The lowest BCUT2D eigenvalue weighted by molar-refractivity contribution is -0.147. The number of nitrogens with two attached hydrogens (primary N) is 1. The minimum atomic E-state index is -1.32. The topological polar surface area (TPSA) is 92.4 Å². The molecule has 1 aliphatic carbocycles. The molecule has 156 valence electrons. The zero-order chi connectivity index (χ0) is 21.4. The number of fused-ring (bicyclic) bond motifs is 1. The van der Waals surface area contributed by atoms with Crippen molar-refractivity contribution in [1.29, 1.82) is 0 Å². The summed E-state index contributed by atoms with van der Waals surface area (Å²) in [6.45, 7) is 8.34. The van der Waals surface area contributed by atoms with Crippen LogP contribution < -0.4 is 11.1 Å². The van der Waals surface area contributed by atoms with E-state index in [1.54, 1.807) is 19.1 Å². The highest BCUT2D eigenvalue weighted by molar-refractivity contribution is 6.05. The molecule has 0 radical (unpaired) electrons. The van der Waals surface area contributed by atoms with Crippen LogP contribution in [0.5, 0.6) is 0 Å². The van der Waals surface area contributed by atoms with Crippen LogP contribution in [0, 0.1) is 17.3 Å². The number of aliphatic carboxylic acids is 1. The van der Waals surface area contributed by atoms with Gasteiger partial charge in [-0.1, -0.05) is 45.0 Å². The molecule has 5 heteroatoms. The molecule has 0 unspecified atom stereocenters. The number of carbonyl (C=O) groups is 2. The molecular weight excluding hydrogens is 364 g/mol. The number of carboxylic acids is 1. The number of nitrogen functional groups attached to an aromatic ring is 1. The number of amides is 1. The lowest BCUT2D eigenvalue weighted by Gasteiger charge is -2.42. The number of anilines is 1. The maximum absolute atomic E-state index is 13.0. The second-order valence-electron chi connectivity index (χ2n) is 9.66. The molecule has 1 saturated carbocycles. The Hall–Kier alpha value is -2.56. The number of rotatable bonds is 4. The average molecular weight is 397 g/mol. The van der Waals surface area contributed by atoms with Crippen LogP contribution in [-0.2, 0) is 4.79 Å². The molecule has 5 nitrogen and oxygen atoms in total. The molecule has 29 heavy (non-hydrogen) atoms. The van der Waals surface area contributed by atoms with Gasteiger partial charge < -0.3 is 16.2 Å². The molecule has 0 spiro atoms. The zero-order valence-electron chi connectivity index (χ0n) is 17.8. The molecule has 0 aromatic heterocycles. The number of benzene rings is 2. The number of hydrogen-bond acceptors (Lipinski definition) is 3. The van der Waals surface area contributed by atoms with Crippen molar-refractivity contribution in [1.82, 2.24) is 5.32 Å². The van der Waals surface area contributed by atoms with Crippen molar-refractivity contribution in [2.45, 2.75) is 58.9 Å². The molecule has 1 aliphatic rings. The van der Waals surface area contributed by atoms with E-state index in [9.17, 15) is 14.7 Å². The summed E-state index contributed by atoms with van der Waals surface area (Å²) in [5, 5.41) is 14.7. The molecule has 2 aromatic carbocycles. The molecule has 1 amide bonds. The molecule has 0 aliphatic heterocycles. The van der Waals surface area contributed by atoms with Gasteiger partial charge in [-0.3, -0.25) is 4.79 Å². The van der Waals surface area contributed by atoms with Crippen LogP contribution in [0.1, 0.15) is 63.7 Å². The molecule has 2 aromatic rings. The Balaban J connectivity index is 1.83. The van der Waals surface area contributed by atoms with E-state index in [1.807, 2.05) is 24.3 Å². The van der Waals surface area contributed by atoms with Gasteiger partial charge in [0.05, 0.1) is 5.56 Å². The summed E-state index contributed by atoms with van der Waals surface area (Å²) in [7, 11) is 0. The third kappa shape index (κ3) is 4.24. The predicted octanol–water partition coefficient (Wildman–Crippen LogP) is 4.85. The first kappa shape index (κ1) is 21.2. The first-order valence-corrected chi connectivity index (χ1v) is 10.4. The highest BCUT2D eigenvalue weighted by Crippen LogP contribution is 2.43. The van der Waals surface area contributed by atoms with E-state index >= 15 is 0 Å². The first-order chi connectivity index (χ1) is 13.5. The Bertz CT molecular complexity index is 923. The smallest absolute Gasteiger partial charge is 0.329 e. The second kappa shape index (κ2) is 7.69. The third-order valence-electron chi connectivity index (χ3n) is 6.75. The maximum Gasteiger partial charge on any atom is 0.329 e. The normalized spacial score (nSPS) is 22.1. The van der Waals surface area contributed by atoms with Crippen LogP contribution in [0.25, 0.3) is 10.8 Å². The Kier molecular flexibility index (Phi) is 5.61. The quantitative estimate of drug-likeness (QED) is 0.644. The number of hydrogen-bond donors (Lipinski definition) is 3. The summed E-state index contributed by atoms with van der Waals surface area (Å²) >= 11 is 0. The molecule has 4 N–H and O–H groups in total. The summed E-state index contributed by atoms with van der Waals surface area (Å²) in [5.74, 6) is -0.964. The second-order valence-corrected chi connectivity index (χ2v) is 9.66. The summed E-state index contributed by atoms with van der Waals surface area (Å²) in [6, 6.07) is 11.2. The summed E-state index contributed by atoms with van der Waals surface area (Å²) in [5.41, 5.74) is 5.68. The van der Waals surface area contributed by atoms with Gasteiger partial charge in [-0.25, -0.2) is 4.79 Å². The van der Waals surface area contributed by atoms with Crippen molar-refractivity contribution >= 4 is 28.3 Å². The van der Waals surface area contributed by atoms with E-state index in [2.05, 4.69) is 26.1 Å². The van der Waals surface area contributed by atoms with Crippen LogP contribution in [-0.4, -0.2) is 22.5 Å². The van der Waals surface area contributed by atoms with Gasteiger partial charge in [-0.05, 0) is 72.8 Å². The van der Waals surface area contributed by atoms with E-state index in [0.717, 1.165) is 36.5 Å². The summed E-state index contributed by atoms with van der Waals surface area (Å²) < 4.78 is 0. The van der Waals surface area contributed by atoms with Crippen molar-refractivity contribution in [2.24, 2.45) is 17.3 Å². The van der Waals surface area contributed by atoms with E-state index in [4.69, 9.17) is 5.73 Å². The zero-order valence-corrected chi connectivity index (χ0v) is 17.8. The van der Waals surface area contributed by atoms with E-state index in [0.29, 0.717) is 17.2 Å². The highest BCUT2D eigenvalue weighted by Gasteiger charge is 2.45. The Morgan fingerprint density at radius 2 is 1.48 bits per heavy atom. The van der Waals surface area contributed by atoms with Gasteiger partial charge in [0.25, 0.3) is 5.91 Å². The third-order valence-corrected chi connectivity index (χ3v) is 6.75. The molecule has 1 fully saturated rings. The fraction of sp³-hybridized carbons (Fsp3) is 0.500. The highest BCUT2D eigenvalue weighted by atomic mass is 16.4. The van der Waals surface area contributed by atoms with Crippen LogP contribution in [0.15, 0.2) is 36.4 Å². The van der Waals surface area contributed by atoms with Gasteiger partial charge in [0.2, 0.25) is 0 Å². The van der Waals surface area contributed by atoms with Crippen LogP contribution in [0.3, 0.4) is 0 Å². The van der Waals surface area contributed by atoms with Crippen molar-refractivity contribution in [2.75, 3.05) is 5.73 Å². The standard InChI is InChI=1S/C24H32N2O3/c1-23(2,3)17-9-11-18(12-10-17)24(4,22(28)29)26-21(27)19-13-15-7-5-6-8-16(15)14-20(19)25/h5-8,13-14,17-18H,9-12,25H2,1-4H3,(H,26,27)(H,28,29)/t17?,18?,24-/m0/s1. The van der Waals surface area contributed by atoms with Crippen molar-refractivity contribution in [3.8, 4) is 0 Å². The summed E-state index contributed by atoms with van der Waals surface area (Å²) in [6.07, 6.45) is 3.53. The van der Waals surface area contributed by atoms with Gasteiger partial charge in [0.1, 0.15) is 5.54 Å². The molecule has 0 heterocycles. The van der Waals surface area contributed by atoms with E-state index < -0.39 is 17.4 Å². The van der Waals surface area contributed by atoms with Gasteiger partial charge in [0.15, 0.2) is 0 Å². The number of nitrogens with one attached hydrogen (secondary N) is 1. The fourth-order valence-electron chi connectivity index (χ4n) is 4.62. The van der Waals surface area contributed by atoms with Gasteiger partial charge in [-0.15, -0.1) is 0 Å². The minimum absolute atomic E-state index is 0.107. The lowest BCUT2D eigenvalue weighted by Crippen LogP contribution is -2.58. The van der Waals surface area contributed by atoms with Crippen molar-refractivity contribution in [3.63, 3.8) is 0 Å². The Labute approximate surface area is 172 Å².